The van der Waals surface area contributed by atoms with Crippen LogP contribution in [0, 0.1) is 12.7 Å². The highest BCUT2D eigenvalue weighted by Crippen LogP contribution is 2.33. The number of carbonyl (C=O) groups excluding carboxylic acids is 2. The Balaban J connectivity index is 1.44. The van der Waals surface area contributed by atoms with E-state index in [0.29, 0.717) is 34.2 Å². The van der Waals surface area contributed by atoms with E-state index in [4.69, 9.17) is 18.7 Å². The molecule has 1 amide bonds. The van der Waals surface area contributed by atoms with Crippen LogP contribution in [-0.4, -0.2) is 24.3 Å². The van der Waals surface area contributed by atoms with Gasteiger partial charge < -0.3 is 18.7 Å². The average Bonchev–Trinajstić information content (AvgIpc) is 3.24. The van der Waals surface area contributed by atoms with Crippen molar-refractivity contribution in [2.45, 2.75) is 26.4 Å². The zero-order valence-corrected chi connectivity index (χ0v) is 20.5. The molecule has 0 aliphatic rings. The van der Waals surface area contributed by atoms with Gasteiger partial charge >= 0.3 is 12.1 Å². The van der Waals surface area contributed by atoms with Crippen LogP contribution in [0.4, 0.5) is 14.9 Å². The summed E-state index contributed by atoms with van der Waals surface area (Å²) in [6, 6.07) is 20.2. The molecule has 1 N–H and O–H groups in total. The summed E-state index contributed by atoms with van der Waals surface area (Å²) < 4.78 is 35.4. The van der Waals surface area contributed by atoms with E-state index < -0.39 is 18.0 Å². The Morgan fingerprint density at radius 2 is 1.78 bits per heavy atom. The number of benzene rings is 3. The average molecular weight is 505 g/mol. The van der Waals surface area contributed by atoms with Gasteiger partial charge in [-0.2, -0.15) is 0 Å². The van der Waals surface area contributed by atoms with Crippen molar-refractivity contribution in [1.29, 1.82) is 0 Å². The number of methoxy groups -OCH3 is 1. The summed E-state index contributed by atoms with van der Waals surface area (Å²) in [5, 5.41) is 6.60. The maximum atomic E-state index is 14.0. The van der Waals surface area contributed by atoms with Gasteiger partial charge in [0.1, 0.15) is 34.8 Å². The maximum Gasteiger partial charge on any atom is 0.412 e. The molecule has 4 rings (SSSR count). The number of nitrogens with one attached hydrogen (secondary N) is 1. The van der Waals surface area contributed by atoms with Gasteiger partial charge in [-0.1, -0.05) is 35.5 Å². The van der Waals surface area contributed by atoms with Gasteiger partial charge in [0.05, 0.1) is 13.5 Å². The summed E-state index contributed by atoms with van der Waals surface area (Å²) >= 11 is 0. The molecule has 37 heavy (non-hydrogen) atoms. The highest BCUT2D eigenvalue weighted by molar-refractivity contribution is 5.90. The SMILES string of the molecule is COC(=O)Cc1cccc(Oc2ccc(-c3onc(C)c3NC(=O)O[C@H](C)c3ccccc3F)cc2)c1. The van der Waals surface area contributed by atoms with Crippen molar-refractivity contribution in [3.05, 3.63) is 95.4 Å². The third kappa shape index (κ3) is 6.32. The number of esters is 1. The first kappa shape index (κ1) is 25.4. The minimum absolute atomic E-state index is 0.148. The lowest BCUT2D eigenvalue weighted by Crippen LogP contribution is -2.17. The number of amides is 1. The number of ether oxygens (including phenoxy) is 3. The molecule has 0 radical (unpaired) electrons. The van der Waals surface area contributed by atoms with Gasteiger partial charge in [0.15, 0.2) is 5.76 Å². The van der Waals surface area contributed by atoms with Crippen LogP contribution in [0.1, 0.15) is 29.8 Å². The molecule has 0 aliphatic heterocycles. The van der Waals surface area contributed by atoms with Crippen molar-refractivity contribution < 1.29 is 32.7 Å². The predicted octanol–water partition coefficient (Wildman–Crippen LogP) is 6.61. The summed E-state index contributed by atoms with van der Waals surface area (Å²) in [4.78, 5) is 24.1. The van der Waals surface area contributed by atoms with E-state index in [1.54, 1.807) is 74.5 Å². The molecule has 9 heteroatoms. The molecule has 1 aromatic heterocycles. The maximum absolute atomic E-state index is 14.0. The topological polar surface area (TPSA) is 99.9 Å². The number of halogens is 1. The number of carbonyl (C=O) groups is 2. The fraction of sp³-hybridized carbons (Fsp3) is 0.179. The zero-order valence-electron chi connectivity index (χ0n) is 20.5. The number of nitrogens with zero attached hydrogens (tertiary/aromatic N) is 1. The zero-order chi connectivity index (χ0) is 26.4. The van der Waals surface area contributed by atoms with Gasteiger partial charge in [-0.3, -0.25) is 10.1 Å². The van der Waals surface area contributed by atoms with Crippen LogP contribution in [0.25, 0.3) is 11.3 Å². The van der Waals surface area contributed by atoms with Crippen molar-refractivity contribution in [3.63, 3.8) is 0 Å². The fourth-order valence-corrected chi connectivity index (χ4v) is 3.64. The van der Waals surface area contributed by atoms with E-state index in [-0.39, 0.29) is 18.0 Å². The van der Waals surface area contributed by atoms with Gasteiger partial charge in [-0.15, -0.1) is 0 Å². The van der Waals surface area contributed by atoms with Crippen LogP contribution in [0.3, 0.4) is 0 Å². The van der Waals surface area contributed by atoms with Crippen molar-refractivity contribution in [2.24, 2.45) is 0 Å². The highest BCUT2D eigenvalue weighted by atomic mass is 19.1. The van der Waals surface area contributed by atoms with Gasteiger partial charge in [-0.25, -0.2) is 9.18 Å². The molecular formula is C28H25FN2O6. The first-order valence-corrected chi connectivity index (χ1v) is 11.5. The van der Waals surface area contributed by atoms with Gasteiger partial charge in [0.2, 0.25) is 0 Å². The Hall–Kier alpha value is -4.66. The molecule has 0 aliphatic carbocycles. The molecular weight excluding hydrogens is 479 g/mol. The van der Waals surface area contributed by atoms with Gasteiger partial charge in [0.25, 0.3) is 0 Å². The molecule has 1 atom stereocenters. The monoisotopic (exact) mass is 504 g/mol. The summed E-state index contributed by atoms with van der Waals surface area (Å²) in [7, 11) is 1.34. The molecule has 0 fully saturated rings. The Kier molecular flexibility index (Phi) is 7.83. The number of anilines is 1. The lowest BCUT2D eigenvalue weighted by Gasteiger charge is -2.15. The smallest absolute Gasteiger partial charge is 0.412 e. The molecule has 0 unspecified atom stereocenters. The second-order valence-electron chi connectivity index (χ2n) is 8.19. The first-order chi connectivity index (χ1) is 17.8. The van der Waals surface area contributed by atoms with E-state index in [1.165, 1.54) is 13.2 Å². The van der Waals surface area contributed by atoms with E-state index in [1.807, 2.05) is 6.07 Å². The quantitative estimate of drug-likeness (QED) is 0.270. The number of hydrogen-bond donors (Lipinski definition) is 1. The van der Waals surface area contributed by atoms with Crippen LogP contribution < -0.4 is 10.1 Å². The summed E-state index contributed by atoms with van der Waals surface area (Å²) in [5.41, 5.74) is 2.48. The molecule has 190 valence electrons. The number of aryl methyl sites for hydroxylation is 1. The van der Waals surface area contributed by atoms with Crippen LogP contribution in [0.15, 0.2) is 77.3 Å². The molecule has 0 saturated carbocycles. The normalized spacial score (nSPS) is 11.5. The Morgan fingerprint density at radius 1 is 1.03 bits per heavy atom. The summed E-state index contributed by atoms with van der Waals surface area (Å²) in [6.45, 7) is 3.27. The fourth-order valence-electron chi connectivity index (χ4n) is 3.64. The largest absolute Gasteiger partial charge is 0.469 e. The first-order valence-electron chi connectivity index (χ1n) is 11.5. The minimum Gasteiger partial charge on any atom is -0.469 e. The summed E-state index contributed by atoms with van der Waals surface area (Å²) in [5.74, 6) is 0.669. The third-order valence-electron chi connectivity index (χ3n) is 5.54. The minimum atomic E-state index is -0.799. The van der Waals surface area contributed by atoms with Crippen LogP contribution in [0.2, 0.25) is 0 Å². The third-order valence-corrected chi connectivity index (χ3v) is 5.54. The highest BCUT2D eigenvalue weighted by Gasteiger charge is 2.21. The molecule has 8 nitrogen and oxygen atoms in total. The van der Waals surface area contributed by atoms with Crippen LogP contribution >= 0.6 is 0 Å². The van der Waals surface area contributed by atoms with Crippen molar-refractivity contribution in [2.75, 3.05) is 12.4 Å². The molecule has 0 saturated heterocycles. The predicted molar refractivity (Wildman–Crippen MR) is 134 cm³/mol. The van der Waals surface area contributed by atoms with Crippen LogP contribution in [0.5, 0.6) is 11.5 Å². The van der Waals surface area contributed by atoms with Crippen LogP contribution in [-0.2, 0) is 20.7 Å². The second kappa shape index (κ2) is 11.4. The molecule has 0 spiro atoms. The summed E-state index contributed by atoms with van der Waals surface area (Å²) in [6.07, 6.45) is -1.42. The van der Waals surface area contributed by atoms with Gasteiger partial charge in [0, 0.05) is 11.1 Å². The molecule has 3 aromatic carbocycles. The lowest BCUT2D eigenvalue weighted by atomic mass is 10.1. The Morgan fingerprint density at radius 3 is 2.51 bits per heavy atom. The van der Waals surface area contributed by atoms with Crippen molar-refractivity contribution in [3.8, 4) is 22.8 Å². The standard InChI is InChI=1S/C28H25FN2O6/c1-17-26(30-28(33)35-18(2)23-9-4-5-10-24(23)29)27(37-31-17)20-11-13-21(14-12-20)36-22-8-6-7-19(15-22)16-25(32)34-3/h4-15,18H,16H2,1-3H3,(H,30,33)/t18-/m1/s1. The van der Waals surface area contributed by atoms with Crippen molar-refractivity contribution >= 4 is 17.7 Å². The van der Waals surface area contributed by atoms with Gasteiger partial charge in [-0.05, 0) is 61.9 Å². The second-order valence-corrected chi connectivity index (χ2v) is 8.19. The Labute approximate surface area is 213 Å². The van der Waals surface area contributed by atoms with E-state index >= 15 is 0 Å². The van der Waals surface area contributed by atoms with E-state index in [2.05, 4.69) is 10.5 Å². The lowest BCUT2D eigenvalue weighted by molar-refractivity contribution is -0.139. The molecule has 1 heterocycles. The number of aromatic nitrogens is 1. The Bertz CT molecular complexity index is 1400. The van der Waals surface area contributed by atoms with E-state index in [9.17, 15) is 14.0 Å². The molecule has 0 bridgehead atoms. The number of hydrogen-bond acceptors (Lipinski definition) is 7. The molecule has 4 aromatic rings. The van der Waals surface area contributed by atoms with Crippen molar-refractivity contribution in [1.82, 2.24) is 5.16 Å². The number of rotatable bonds is 8. The van der Waals surface area contributed by atoms with E-state index in [0.717, 1.165) is 5.56 Å².